The van der Waals surface area contributed by atoms with Crippen molar-refractivity contribution in [2.45, 2.75) is 26.8 Å². The number of carbonyl (C=O) groups excluding carboxylic acids is 1. The van der Waals surface area contributed by atoms with E-state index < -0.39 is 9.04 Å². The first kappa shape index (κ1) is 10.2. The highest BCUT2D eigenvalue weighted by Gasteiger charge is 2.16. The molecule has 0 saturated carbocycles. The molecule has 4 heteroatoms. The number of hydrogen-bond acceptors (Lipinski definition) is 3. The zero-order valence-corrected chi connectivity index (χ0v) is 8.28. The summed E-state index contributed by atoms with van der Waals surface area (Å²) in [5, 5.41) is 8.49. The van der Waals surface area contributed by atoms with Crippen LogP contribution in [0.2, 0.25) is 6.04 Å². The molecule has 0 amide bonds. The van der Waals surface area contributed by atoms with Gasteiger partial charge in [-0.2, -0.15) is 0 Å². The minimum absolute atomic E-state index is 0.120. The molecule has 1 unspecified atom stereocenters. The van der Waals surface area contributed by atoms with E-state index in [1.54, 1.807) is 13.8 Å². The van der Waals surface area contributed by atoms with Crippen LogP contribution in [0.3, 0.4) is 0 Å². The molecular weight excluding hydrogens is 158 g/mol. The second-order valence-electron chi connectivity index (χ2n) is 2.62. The van der Waals surface area contributed by atoms with Crippen LogP contribution in [0.25, 0.3) is 0 Å². The normalized spacial score (nSPS) is 12.3. The van der Waals surface area contributed by atoms with Crippen LogP contribution in [0.1, 0.15) is 20.8 Å². The largest absolute Gasteiger partial charge is 0.508 e. The van der Waals surface area contributed by atoms with Gasteiger partial charge in [-0.3, -0.25) is 4.79 Å². The smallest absolute Gasteiger partial charge is 0.349 e. The van der Waals surface area contributed by atoms with Crippen LogP contribution in [0.5, 0.6) is 0 Å². The predicted octanol–water partition coefficient (Wildman–Crippen LogP) is 0.992. The van der Waals surface area contributed by atoms with Crippen molar-refractivity contribution in [1.29, 1.82) is 5.26 Å². The fourth-order valence-corrected chi connectivity index (χ4v) is 1.43. The average Bonchev–Trinajstić information content (AvgIpc) is 1.99. The summed E-state index contributed by atoms with van der Waals surface area (Å²) in [4.78, 5) is 10.9. The van der Waals surface area contributed by atoms with E-state index in [2.05, 4.69) is 0 Å². The molecule has 62 valence electrons. The van der Waals surface area contributed by atoms with Gasteiger partial charge in [0.15, 0.2) is 0 Å². The van der Waals surface area contributed by atoms with Crippen molar-refractivity contribution in [3.63, 3.8) is 0 Å². The molecule has 0 rings (SSSR count). The molecule has 0 radical (unpaired) electrons. The van der Waals surface area contributed by atoms with Crippen molar-refractivity contribution in [2.75, 3.05) is 0 Å². The van der Waals surface area contributed by atoms with Gasteiger partial charge in [0, 0.05) is 5.92 Å². The summed E-state index contributed by atoms with van der Waals surface area (Å²) in [6.07, 6.45) is 0. The van der Waals surface area contributed by atoms with Gasteiger partial charge in [0.2, 0.25) is 0 Å². The van der Waals surface area contributed by atoms with Crippen molar-refractivity contribution in [3.8, 4) is 5.69 Å². The highest BCUT2D eigenvalue weighted by Crippen LogP contribution is 2.00. The van der Waals surface area contributed by atoms with Crippen LogP contribution in [-0.2, 0) is 9.22 Å². The molecular formula is C7H13NO2Si. The number of hydrogen-bond donors (Lipinski definition) is 0. The number of nitrogens with zero attached hydrogens (tertiary/aromatic N) is 1. The Balaban J connectivity index is 3.84. The molecule has 0 aliphatic rings. The Morgan fingerprint density at radius 2 is 2.27 bits per heavy atom. The van der Waals surface area contributed by atoms with Gasteiger partial charge < -0.3 is 4.43 Å². The van der Waals surface area contributed by atoms with E-state index in [0.29, 0.717) is 6.04 Å². The topological polar surface area (TPSA) is 50.1 Å². The minimum Gasteiger partial charge on any atom is -0.508 e. The average molecular weight is 171 g/mol. The number of nitriles is 1. The van der Waals surface area contributed by atoms with E-state index in [4.69, 9.17) is 9.69 Å². The molecule has 0 bridgehead atoms. The molecule has 0 heterocycles. The van der Waals surface area contributed by atoms with Crippen LogP contribution < -0.4 is 0 Å². The van der Waals surface area contributed by atoms with Crippen LogP contribution >= 0.6 is 0 Å². The summed E-state index contributed by atoms with van der Waals surface area (Å²) < 4.78 is 4.95. The van der Waals surface area contributed by atoms with Crippen LogP contribution in [-0.4, -0.2) is 15.0 Å². The number of rotatable bonds is 3. The highest BCUT2D eigenvalue weighted by molar-refractivity contribution is 6.61. The third kappa shape index (κ3) is 3.78. The zero-order chi connectivity index (χ0) is 8.85. The van der Waals surface area contributed by atoms with Crippen molar-refractivity contribution in [3.05, 3.63) is 0 Å². The maximum absolute atomic E-state index is 10.9. The highest BCUT2D eigenvalue weighted by atomic mass is 28.3. The SMILES string of the molecule is CC[SiH](C#N)OC(=O)C(C)C. The van der Waals surface area contributed by atoms with Gasteiger partial charge in [0.05, 0.1) is 5.69 Å². The fourth-order valence-electron chi connectivity index (χ4n) is 0.477. The van der Waals surface area contributed by atoms with Gasteiger partial charge in [-0.15, -0.1) is 0 Å². The summed E-state index contributed by atoms with van der Waals surface area (Å²) in [5.41, 5.74) is 2.03. The molecule has 1 atom stereocenters. The van der Waals surface area contributed by atoms with Crippen molar-refractivity contribution < 1.29 is 9.22 Å². The second kappa shape index (κ2) is 4.91. The lowest BCUT2D eigenvalue weighted by Crippen LogP contribution is -2.23. The van der Waals surface area contributed by atoms with Gasteiger partial charge in [-0.05, 0) is 6.04 Å². The molecule has 0 aliphatic carbocycles. The molecule has 0 saturated heterocycles. The summed E-state index contributed by atoms with van der Waals surface area (Å²) in [6, 6.07) is 0.689. The van der Waals surface area contributed by atoms with Gasteiger partial charge >= 0.3 is 9.04 Å². The van der Waals surface area contributed by atoms with Crippen molar-refractivity contribution in [2.24, 2.45) is 5.92 Å². The van der Waals surface area contributed by atoms with Crippen LogP contribution in [0.4, 0.5) is 0 Å². The Kier molecular flexibility index (Phi) is 4.54. The van der Waals surface area contributed by atoms with Crippen LogP contribution in [0.15, 0.2) is 0 Å². The molecule has 0 spiro atoms. The molecule has 0 aromatic carbocycles. The van der Waals surface area contributed by atoms with Crippen molar-refractivity contribution >= 4 is 15.0 Å². The first-order valence-electron chi connectivity index (χ1n) is 3.71. The van der Waals surface area contributed by atoms with E-state index in [0.717, 1.165) is 0 Å². The summed E-state index contributed by atoms with van der Waals surface area (Å²) in [5.74, 6) is -0.366. The first-order chi connectivity index (χ1) is 5.11. The summed E-state index contributed by atoms with van der Waals surface area (Å²) in [6.45, 7) is 5.40. The van der Waals surface area contributed by atoms with Gasteiger partial charge in [-0.25, -0.2) is 5.26 Å². The molecule has 11 heavy (non-hydrogen) atoms. The summed E-state index contributed by atoms with van der Waals surface area (Å²) >= 11 is 0. The van der Waals surface area contributed by atoms with Gasteiger partial charge in [-0.1, -0.05) is 20.8 Å². The second-order valence-corrected chi connectivity index (χ2v) is 4.91. The van der Waals surface area contributed by atoms with E-state index in [1.807, 2.05) is 12.6 Å². The zero-order valence-electron chi connectivity index (χ0n) is 7.13. The predicted molar refractivity (Wildman–Crippen MR) is 44.2 cm³/mol. The fraction of sp³-hybridized carbons (Fsp3) is 0.714. The Bertz CT molecular complexity index is 174. The van der Waals surface area contributed by atoms with Gasteiger partial charge in [0.25, 0.3) is 5.97 Å². The quantitative estimate of drug-likeness (QED) is 0.595. The Morgan fingerprint density at radius 1 is 1.73 bits per heavy atom. The first-order valence-corrected chi connectivity index (χ1v) is 5.58. The maximum atomic E-state index is 10.9. The lowest BCUT2D eigenvalue weighted by Gasteiger charge is -2.08. The third-order valence-corrected chi connectivity index (χ3v) is 2.79. The molecule has 0 aliphatic heterocycles. The third-order valence-electron chi connectivity index (χ3n) is 1.24. The Labute approximate surface area is 68.7 Å². The van der Waals surface area contributed by atoms with Crippen LogP contribution in [0, 0.1) is 16.9 Å². The molecule has 0 N–H and O–H groups in total. The Morgan fingerprint density at radius 3 is 2.55 bits per heavy atom. The lowest BCUT2D eigenvalue weighted by atomic mass is 10.2. The van der Waals surface area contributed by atoms with E-state index >= 15 is 0 Å². The van der Waals surface area contributed by atoms with Crippen molar-refractivity contribution in [1.82, 2.24) is 0 Å². The van der Waals surface area contributed by atoms with E-state index in [-0.39, 0.29) is 11.9 Å². The standard InChI is InChI=1S/C7H13NO2Si/c1-4-11(5-8)10-7(9)6(2)3/h6,11H,4H2,1-3H3. The Hall–Kier alpha value is -0.823. The number of carbonyl (C=O) groups is 1. The monoisotopic (exact) mass is 171 g/mol. The summed E-state index contributed by atoms with van der Waals surface area (Å²) in [7, 11) is -1.85. The van der Waals surface area contributed by atoms with E-state index in [1.165, 1.54) is 0 Å². The molecule has 3 nitrogen and oxygen atoms in total. The molecule has 0 aromatic heterocycles. The lowest BCUT2D eigenvalue weighted by molar-refractivity contribution is -0.138. The molecule has 0 aromatic rings. The van der Waals surface area contributed by atoms with E-state index in [9.17, 15) is 4.79 Å². The minimum atomic E-state index is -1.85. The molecule has 0 fully saturated rings. The maximum Gasteiger partial charge on any atom is 0.349 e. The van der Waals surface area contributed by atoms with Gasteiger partial charge in [0.1, 0.15) is 0 Å².